The first-order valence-corrected chi connectivity index (χ1v) is 10.6. The van der Waals surface area contributed by atoms with Crippen LogP contribution in [0.25, 0.3) is 6.08 Å². The molecule has 8 nitrogen and oxygen atoms in total. The quantitative estimate of drug-likeness (QED) is 0.625. The minimum Gasteiger partial charge on any atom is -0.480 e. The molecule has 1 aliphatic rings. The molecular formula is C19H26N2O6S. The van der Waals surface area contributed by atoms with E-state index < -0.39 is 22.0 Å². The summed E-state index contributed by atoms with van der Waals surface area (Å²) in [5.74, 6) is -1.31. The van der Waals surface area contributed by atoms with E-state index in [1.54, 1.807) is 23.1 Å². The topological polar surface area (TPSA) is 113 Å². The minimum atomic E-state index is -3.96. The van der Waals surface area contributed by atoms with Crippen LogP contribution in [0.3, 0.4) is 0 Å². The summed E-state index contributed by atoms with van der Waals surface area (Å²) in [5.41, 5.74) is 0.664. The molecule has 154 valence electrons. The molecular weight excluding hydrogens is 384 g/mol. The number of aliphatic carboxylic acids is 1. The molecule has 0 aromatic heterocycles. The predicted molar refractivity (Wildman–Crippen MR) is 104 cm³/mol. The van der Waals surface area contributed by atoms with Gasteiger partial charge in [-0.15, -0.1) is 0 Å². The van der Waals surface area contributed by atoms with Crippen molar-refractivity contribution in [2.75, 3.05) is 26.3 Å². The molecule has 1 saturated heterocycles. The molecule has 1 fully saturated rings. The standard InChI is InChI=1S/C19H26N2O6S/c1-14(2)13-17(19(23)24)20-28(25,26)16-6-3-15(4-7-16)5-8-18(22)21-9-11-27-12-10-21/h3-8,14,17,20H,9-13H2,1-2H3,(H,23,24)/b8-5+/t17-/m0/s1. The van der Waals surface area contributed by atoms with Crippen LogP contribution in [0.5, 0.6) is 0 Å². The molecule has 2 N–H and O–H groups in total. The number of carboxylic acids is 1. The summed E-state index contributed by atoms with van der Waals surface area (Å²) in [5, 5.41) is 9.23. The van der Waals surface area contributed by atoms with Crippen LogP contribution in [0.2, 0.25) is 0 Å². The third kappa shape index (κ3) is 6.43. The predicted octanol–water partition coefficient (Wildman–Crippen LogP) is 1.34. The van der Waals surface area contributed by atoms with Crippen molar-refractivity contribution in [3.05, 3.63) is 35.9 Å². The van der Waals surface area contributed by atoms with Crippen LogP contribution >= 0.6 is 0 Å². The highest BCUT2D eigenvalue weighted by molar-refractivity contribution is 7.89. The summed E-state index contributed by atoms with van der Waals surface area (Å²) < 4.78 is 32.3. The molecule has 1 aliphatic heterocycles. The van der Waals surface area contributed by atoms with Crippen LogP contribution in [-0.2, 0) is 24.3 Å². The molecule has 28 heavy (non-hydrogen) atoms. The number of hydrogen-bond donors (Lipinski definition) is 2. The van der Waals surface area contributed by atoms with Crippen LogP contribution in [0.1, 0.15) is 25.8 Å². The number of nitrogens with zero attached hydrogens (tertiary/aromatic N) is 1. The second-order valence-electron chi connectivity index (χ2n) is 6.98. The van der Waals surface area contributed by atoms with Crippen molar-refractivity contribution in [2.45, 2.75) is 31.2 Å². The maximum absolute atomic E-state index is 12.4. The average Bonchev–Trinajstić information content (AvgIpc) is 2.66. The van der Waals surface area contributed by atoms with Crippen LogP contribution < -0.4 is 4.72 Å². The van der Waals surface area contributed by atoms with Gasteiger partial charge in [0, 0.05) is 19.2 Å². The number of nitrogens with one attached hydrogen (secondary N) is 1. The molecule has 1 aromatic carbocycles. The number of sulfonamides is 1. The van der Waals surface area contributed by atoms with Crippen molar-refractivity contribution in [1.29, 1.82) is 0 Å². The van der Waals surface area contributed by atoms with Gasteiger partial charge < -0.3 is 14.7 Å². The Morgan fingerprint density at radius 3 is 2.36 bits per heavy atom. The highest BCUT2D eigenvalue weighted by atomic mass is 32.2. The van der Waals surface area contributed by atoms with Crippen molar-refractivity contribution < 1.29 is 27.9 Å². The molecule has 0 spiro atoms. The van der Waals surface area contributed by atoms with Gasteiger partial charge in [0.15, 0.2) is 0 Å². The number of morpholine rings is 1. The van der Waals surface area contributed by atoms with Crippen molar-refractivity contribution >= 4 is 28.0 Å². The molecule has 0 radical (unpaired) electrons. The van der Waals surface area contributed by atoms with E-state index in [9.17, 15) is 23.1 Å². The van der Waals surface area contributed by atoms with Gasteiger partial charge in [0.2, 0.25) is 15.9 Å². The maximum Gasteiger partial charge on any atom is 0.321 e. The van der Waals surface area contributed by atoms with Gasteiger partial charge in [-0.2, -0.15) is 4.72 Å². The SMILES string of the molecule is CC(C)C[C@H](NS(=O)(=O)c1ccc(/C=C/C(=O)N2CCOCC2)cc1)C(=O)O. The lowest BCUT2D eigenvalue weighted by atomic mass is 10.1. The monoisotopic (exact) mass is 410 g/mol. The zero-order valence-corrected chi connectivity index (χ0v) is 16.8. The fraction of sp³-hybridized carbons (Fsp3) is 0.474. The Balaban J connectivity index is 2.04. The Morgan fingerprint density at radius 1 is 1.21 bits per heavy atom. The molecule has 2 rings (SSSR count). The molecule has 0 aliphatic carbocycles. The number of ether oxygens (including phenoxy) is 1. The first-order chi connectivity index (χ1) is 13.2. The fourth-order valence-electron chi connectivity index (χ4n) is 2.74. The lowest BCUT2D eigenvalue weighted by Crippen LogP contribution is -2.41. The van der Waals surface area contributed by atoms with E-state index in [2.05, 4.69) is 4.72 Å². The lowest BCUT2D eigenvalue weighted by Gasteiger charge is -2.25. The Bertz CT molecular complexity index is 811. The van der Waals surface area contributed by atoms with Gasteiger partial charge in [-0.3, -0.25) is 9.59 Å². The van der Waals surface area contributed by atoms with Crippen LogP contribution in [0, 0.1) is 5.92 Å². The molecule has 1 atom stereocenters. The van der Waals surface area contributed by atoms with Crippen LogP contribution in [-0.4, -0.2) is 62.6 Å². The normalized spacial score (nSPS) is 16.5. The largest absolute Gasteiger partial charge is 0.480 e. The number of benzene rings is 1. The van der Waals surface area contributed by atoms with Gasteiger partial charge in [0.05, 0.1) is 18.1 Å². The van der Waals surface area contributed by atoms with Crippen molar-refractivity contribution in [3.8, 4) is 0 Å². The summed E-state index contributed by atoms with van der Waals surface area (Å²) in [7, 11) is -3.96. The van der Waals surface area contributed by atoms with Gasteiger partial charge in [0.1, 0.15) is 6.04 Å². The number of carbonyl (C=O) groups is 2. The van der Waals surface area contributed by atoms with E-state index in [1.165, 1.54) is 18.2 Å². The van der Waals surface area contributed by atoms with Gasteiger partial charge >= 0.3 is 5.97 Å². The van der Waals surface area contributed by atoms with Crippen LogP contribution in [0.15, 0.2) is 35.2 Å². The van der Waals surface area contributed by atoms with E-state index in [0.29, 0.717) is 31.9 Å². The zero-order chi connectivity index (χ0) is 20.7. The molecule has 9 heteroatoms. The summed E-state index contributed by atoms with van der Waals surface area (Å²) >= 11 is 0. The summed E-state index contributed by atoms with van der Waals surface area (Å²) in [6.07, 6.45) is 3.25. The third-order valence-electron chi connectivity index (χ3n) is 4.23. The highest BCUT2D eigenvalue weighted by Crippen LogP contribution is 2.14. The third-order valence-corrected chi connectivity index (χ3v) is 5.72. The van der Waals surface area contributed by atoms with E-state index in [0.717, 1.165) is 0 Å². The zero-order valence-electron chi connectivity index (χ0n) is 16.0. The number of carboxylic acid groups (broad SMARTS) is 1. The summed E-state index contributed by atoms with van der Waals surface area (Å²) in [4.78, 5) is 25.0. The van der Waals surface area contributed by atoms with E-state index in [1.807, 2.05) is 13.8 Å². The Morgan fingerprint density at radius 2 is 1.82 bits per heavy atom. The first-order valence-electron chi connectivity index (χ1n) is 9.09. The summed E-state index contributed by atoms with van der Waals surface area (Å²) in [6.45, 7) is 5.79. The lowest BCUT2D eigenvalue weighted by molar-refractivity contribution is -0.139. The van der Waals surface area contributed by atoms with Crippen molar-refractivity contribution in [3.63, 3.8) is 0 Å². The molecule has 0 bridgehead atoms. The van der Waals surface area contributed by atoms with E-state index >= 15 is 0 Å². The Hall–Kier alpha value is -2.23. The van der Waals surface area contributed by atoms with Gasteiger partial charge in [-0.25, -0.2) is 8.42 Å². The smallest absolute Gasteiger partial charge is 0.321 e. The van der Waals surface area contributed by atoms with Gasteiger partial charge in [0.25, 0.3) is 0 Å². The fourth-order valence-corrected chi connectivity index (χ4v) is 3.94. The van der Waals surface area contributed by atoms with Gasteiger partial charge in [-0.05, 0) is 36.1 Å². The Kier molecular flexibility index (Phi) is 7.73. The van der Waals surface area contributed by atoms with Crippen LogP contribution in [0.4, 0.5) is 0 Å². The number of carbonyl (C=O) groups excluding carboxylic acids is 1. The maximum atomic E-state index is 12.4. The first kappa shape index (κ1) is 22.1. The van der Waals surface area contributed by atoms with Crippen molar-refractivity contribution in [2.24, 2.45) is 5.92 Å². The summed E-state index contributed by atoms with van der Waals surface area (Å²) in [6, 6.07) is 4.72. The average molecular weight is 410 g/mol. The highest BCUT2D eigenvalue weighted by Gasteiger charge is 2.26. The van der Waals surface area contributed by atoms with E-state index in [4.69, 9.17) is 4.74 Å². The molecule has 1 aromatic rings. The number of rotatable bonds is 8. The van der Waals surface area contributed by atoms with Crippen molar-refractivity contribution in [1.82, 2.24) is 9.62 Å². The van der Waals surface area contributed by atoms with Gasteiger partial charge in [-0.1, -0.05) is 26.0 Å². The molecule has 1 heterocycles. The molecule has 0 saturated carbocycles. The minimum absolute atomic E-state index is 0.0281. The second-order valence-corrected chi connectivity index (χ2v) is 8.70. The Labute approximate surface area is 165 Å². The molecule has 1 amide bonds. The van der Waals surface area contributed by atoms with E-state index in [-0.39, 0.29) is 23.1 Å². The second kappa shape index (κ2) is 9.81. The molecule has 0 unspecified atom stereocenters. The number of hydrogen-bond acceptors (Lipinski definition) is 5. The number of amides is 1.